The first-order valence-electron chi connectivity index (χ1n) is 5.53. The van der Waals surface area contributed by atoms with E-state index in [1.165, 1.54) is 0 Å². The first-order chi connectivity index (χ1) is 8.06. The Bertz CT molecular complexity index is 395. The predicted octanol–water partition coefficient (Wildman–Crippen LogP) is 1.50. The van der Waals surface area contributed by atoms with Crippen LogP contribution in [-0.2, 0) is 4.74 Å². The minimum absolute atomic E-state index is 0.381. The van der Waals surface area contributed by atoms with Gasteiger partial charge in [-0.15, -0.1) is 0 Å². The van der Waals surface area contributed by atoms with Crippen LogP contribution in [0.4, 0.5) is 5.82 Å². The van der Waals surface area contributed by atoms with Gasteiger partial charge in [-0.3, -0.25) is 0 Å². The van der Waals surface area contributed by atoms with Crippen molar-refractivity contribution >= 4 is 23.0 Å². The number of aryl methyl sites for hydroxylation is 1. The lowest BCUT2D eigenvalue weighted by molar-refractivity contribution is 0.196. The van der Waals surface area contributed by atoms with Crippen molar-refractivity contribution in [1.82, 2.24) is 4.98 Å². The van der Waals surface area contributed by atoms with Gasteiger partial charge in [0, 0.05) is 33.0 Å². The van der Waals surface area contributed by atoms with E-state index in [1.807, 2.05) is 26.1 Å². The van der Waals surface area contributed by atoms with E-state index in [4.69, 9.17) is 22.7 Å². The molecule has 1 aromatic rings. The second-order valence-electron chi connectivity index (χ2n) is 3.96. The Morgan fingerprint density at radius 2 is 2.24 bits per heavy atom. The van der Waals surface area contributed by atoms with Gasteiger partial charge in [0.2, 0.25) is 0 Å². The number of nitrogens with zero attached hydrogens (tertiary/aromatic N) is 2. The van der Waals surface area contributed by atoms with E-state index in [9.17, 15) is 0 Å². The number of hydrogen-bond acceptors (Lipinski definition) is 4. The quantitative estimate of drug-likeness (QED) is 0.615. The normalized spacial score (nSPS) is 10.3. The standard InChI is InChI=1S/C12H19N3OS/c1-9-5-6-10(11(13)17)12(14-9)15(2)7-4-8-16-3/h5-6H,4,7-8H2,1-3H3,(H2,13,17). The lowest BCUT2D eigenvalue weighted by Crippen LogP contribution is -2.25. The first kappa shape index (κ1) is 13.9. The summed E-state index contributed by atoms with van der Waals surface area (Å²) in [6, 6.07) is 3.84. The van der Waals surface area contributed by atoms with Gasteiger partial charge < -0.3 is 15.4 Å². The summed E-state index contributed by atoms with van der Waals surface area (Å²) in [6.07, 6.45) is 0.944. The third-order valence-electron chi connectivity index (χ3n) is 2.48. The number of pyridine rings is 1. The summed E-state index contributed by atoms with van der Waals surface area (Å²) >= 11 is 5.03. The van der Waals surface area contributed by atoms with Crippen molar-refractivity contribution in [2.75, 3.05) is 32.2 Å². The van der Waals surface area contributed by atoms with Crippen LogP contribution < -0.4 is 10.6 Å². The molecular formula is C12H19N3OS. The molecule has 0 saturated carbocycles. The Morgan fingerprint density at radius 1 is 1.53 bits per heavy atom. The summed E-state index contributed by atoms with van der Waals surface area (Å²) in [5, 5.41) is 0. The molecule has 4 nitrogen and oxygen atoms in total. The topological polar surface area (TPSA) is 51.4 Å². The van der Waals surface area contributed by atoms with E-state index in [2.05, 4.69) is 9.88 Å². The summed E-state index contributed by atoms with van der Waals surface area (Å²) < 4.78 is 5.03. The van der Waals surface area contributed by atoms with E-state index in [1.54, 1.807) is 7.11 Å². The summed E-state index contributed by atoms with van der Waals surface area (Å²) in [4.78, 5) is 6.93. The van der Waals surface area contributed by atoms with Crippen LogP contribution in [0.1, 0.15) is 17.7 Å². The van der Waals surface area contributed by atoms with Gasteiger partial charge in [-0.2, -0.15) is 0 Å². The van der Waals surface area contributed by atoms with Gasteiger partial charge in [-0.25, -0.2) is 4.98 Å². The molecule has 0 aliphatic carbocycles. The van der Waals surface area contributed by atoms with Crippen LogP contribution in [0.2, 0.25) is 0 Å². The fraction of sp³-hybridized carbons (Fsp3) is 0.500. The van der Waals surface area contributed by atoms with Crippen molar-refractivity contribution < 1.29 is 4.74 Å². The maximum atomic E-state index is 5.70. The van der Waals surface area contributed by atoms with E-state index in [-0.39, 0.29) is 0 Å². The Labute approximate surface area is 108 Å². The Morgan fingerprint density at radius 3 is 2.82 bits per heavy atom. The molecule has 94 valence electrons. The number of thiocarbonyl (C=S) groups is 1. The number of methoxy groups -OCH3 is 1. The number of hydrogen-bond donors (Lipinski definition) is 1. The smallest absolute Gasteiger partial charge is 0.138 e. The van der Waals surface area contributed by atoms with Crippen LogP contribution in [0.5, 0.6) is 0 Å². The molecule has 0 aliphatic rings. The number of rotatable bonds is 6. The molecule has 0 atom stereocenters. The molecule has 1 rings (SSSR count). The largest absolute Gasteiger partial charge is 0.389 e. The molecule has 0 aromatic carbocycles. The molecule has 1 aromatic heterocycles. The third-order valence-corrected chi connectivity index (χ3v) is 2.70. The zero-order valence-electron chi connectivity index (χ0n) is 10.6. The highest BCUT2D eigenvalue weighted by molar-refractivity contribution is 7.80. The fourth-order valence-corrected chi connectivity index (χ4v) is 1.74. The summed E-state index contributed by atoms with van der Waals surface area (Å²) in [7, 11) is 3.69. The number of aromatic nitrogens is 1. The highest BCUT2D eigenvalue weighted by Crippen LogP contribution is 2.17. The van der Waals surface area contributed by atoms with Gasteiger partial charge in [0.05, 0.1) is 5.56 Å². The average Bonchev–Trinajstić information content (AvgIpc) is 2.28. The molecule has 0 unspecified atom stereocenters. The average molecular weight is 253 g/mol. The predicted molar refractivity (Wildman–Crippen MR) is 74.6 cm³/mol. The van der Waals surface area contributed by atoms with Crippen molar-refractivity contribution in [3.63, 3.8) is 0 Å². The van der Waals surface area contributed by atoms with Crippen molar-refractivity contribution in [2.24, 2.45) is 5.73 Å². The van der Waals surface area contributed by atoms with Gasteiger partial charge in [0.25, 0.3) is 0 Å². The van der Waals surface area contributed by atoms with Gasteiger partial charge in [-0.1, -0.05) is 12.2 Å². The lowest BCUT2D eigenvalue weighted by Gasteiger charge is -2.21. The summed E-state index contributed by atoms with van der Waals surface area (Å²) in [5.41, 5.74) is 7.48. The van der Waals surface area contributed by atoms with Crippen LogP contribution in [0, 0.1) is 6.92 Å². The lowest BCUT2D eigenvalue weighted by atomic mass is 10.2. The molecule has 0 amide bonds. The van der Waals surface area contributed by atoms with Crippen LogP contribution in [0.25, 0.3) is 0 Å². The van der Waals surface area contributed by atoms with E-state index < -0.39 is 0 Å². The maximum Gasteiger partial charge on any atom is 0.138 e. The van der Waals surface area contributed by atoms with Gasteiger partial charge in [0.1, 0.15) is 10.8 Å². The van der Waals surface area contributed by atoms with Crippen molar-refractivity contribution in [3.05, 3.63) is 23.4 Å². The van der Waals surface area contributed by atoms with Gasteiger partial charge in [0.15, 0.2) is 0 Å². The number of ether oxygens (including phenoxy) is 1. The Balaban J connectivity index is 2.86. The molecule has 0 radical (unpaired) electrons. The van der Waals surface area contributed by atoms with Crippen LogP contribution in [0.15, 0.2) is 12.1 Å². The highest BCUT2D eigenvalue weighted by atomic mass is 32.1. The van der Waals surface area contributed by atoms with Crippen molar-refractivity contribution in [2.45, 2.75) is 13.3 Å². The molecule has 5 heteroatoms. The minimum Gasteiger partial charge on any atom is -0.389 e. The molecule has 0 aliphatic heterocycles. The monoisotopic (exact) mass is 253 g/mol. The molecule has 0 spiro atoms. The van der Waals surface area contributed by atoms with E-state index in [0.29, 0.717) is 4.99 Å². The zero-order chi connectivity index (χ0) is 12.8. The second-order valence-corrected chi connectivity index (χ2v) is 4.40. The van der Waals surface area contributed by atoms with Gasteiger partial charge >= 0.3 is 0 Å². The summed E-state index contributed by atoms with van der Waals surface area (Å²) in [5.74, 6) is 0.841. The van der Waals surface area contributed by atoms with Gasteiger partial charge in [-0.05, 0) is 25.5 Å². The fourth-order valence-electron chi connectivity index (χ4n) is 1.58. The molecular weight excluding hydrogens is 234 g/mol. The number of nitrogens with two attached hydrogens (primary N) is 1. The molecule has 17 heavy (non-hydrogen) atoms. The molecule has 0 saturated heterocycles. The molecule has 2 N–H and O–H groups in total. The minimum atomic E-state index is 0.381. The highest BCUT2D eigenvalue weighted by Gasteiger charge is 2.11. The molecule has 0 bridgehead atoms. The zero-order valence-corrected chi connectivity index (χ0v) is 11.4. The van der Waals surface area contributed by atoms with E-state index in [0.717, 1.165) is 36.6 Å². The second kappa shape index (κ2) is 6.51. The maximum absolute atomic E-state index is 5.70. The third kappa shape index (κ3) is 3.94. The molecule has 0 fully saturated rings. The van der Waals surface area contributed by atoms with Crippen molar-refractivity contribution in [3.8, 4) is 0 Å². The summed E-state index contributed by atoms with van der Waals surface area (Å²) in [6.45, 7) is 3.55. The number of anilines is 1. The SMILES string of the molecule is COCCCN(C)c1nc(C)ccc1C(N)=S. The van der Waals surface area contributed by atoms with Crippen LogP contribution in [0.3, 0.4) is 0 Å². The Kier molecular flexibility index (Phi) is 5.31. The first-order valence-corrected chi connectivity index (χ1v) is 5.94. The molecule has 1 heterocycles. The van der Waals surface area contributed by atoms with Crippen molar-refractivity contribution in [1.29, 1.82) is 0 Å². The Hall–Kier alpha value is -1.20. The van der Waals surface area contributed by atoms with E-state index >= 15 is 0 Å². The van der Waals surface area contributed by atoms with Crippen LogP contribution in [-0.4, -0.2) is 37.3 Å². The van der Waals surface area contributed by atoms with Crippen LogP contribution >= 0.6 is 12.2 Å².